The minimum atomic E-state index is -0.994. The number of hydrogen-bond donors (Lipinski definition) is 3. The number of nitrogens with two attached hydrogens (primary N) is 1. The average molecular weight is 563 g/mol. The number of halogens is 1. The Kier molecular flexibility index (Phi) is 6.61. The van der Waals surface area contributed by atoms with E-state index in [1.807, 2.05) is 48.5 Å². The number of carboxylic acid groups (broad SMARTS) is 1. The topological polar surface area (TPSA) is 127 Å². The van der Waals surface area contributed by atoms with Gasteiger partial charge in [0.05, 0.1) is 27.5 Å². The second-order valence-electron chi connectivity index (χ2n) is 9.69. The summed E-state index contributed by atoms with van der Waals surface area (Å²) < 4.78 is 1.70. The molecular formula is C32H23ClN4O4. The van der Waals surface area contributed by atoms with Crippen LogP contribution in [0.4, 0.5) is 5.69 Å². The Labute approximate surface area is 240 Å². The van der Waals surface area contributed by atoms with E-state index >= 15 is 0 Å². The van der Waals surface area contributed by atoms with Crippen molar-refractivity contribution in [3.63, 3.8) is 0 Å². The number of carbonyl (C=O) groups excluding carboxylic acids is 2. The first-order valence-corrected chi connectivity index (χ1v) is 13.2. The van der Waals surface area contributed by atoms with E-state index in [0.29, 0.717) is 34.8 Å². The number of aryl methyl sites for hydroxylation is 1. The first-order valence-electron chi connectivity index (χ1n) is 12.8. The number of rotatable bonds is 6. The van der Waals surface area contributed by atoms with Crippen LogP contribution >= 0.6 is 11.6 Å². The van der Waals surface area contributed by atoms with Crippen LogP contribution < -0.4 is 11.1 Å². The van der Waals surface area contributed by atoms with E-state index < -0.39 is 11.9 Å². The SMILES string of the molecule is NC(=O)c1nn(-c2ccc(-c3cccc(C(=O)O)c3)cc2)c2c1CCc1ccc(NC(=O)c3ccccc3Cl)cc1-2. The van der Waals surface area contributed by atoms with Gasteiger partial charge < -0.3 is 16.2 Å². The monoisotopic (exact) mass is 562 g/mol. The van der Waals surface area contributed by atoms with E-state index in [2.05, 4.69) is 10.4 Å². The lowest BCUT2D eigenvalue weighted by Crippen LogP contribution is -2.15. The van der Waals surface area contributed by atoms with Gasteiger partial charge in [0.2, 0.25) is 0 Å². The molecule has 1 aliphatic rings. The third kappa shape index (κ3) is 4.85. The van der Waals surface area contributed by atoms with Gasteiger partial charge in [-0.1, -0.05) is 54.1 Å². The zero-order valence-corrected chi connectivity index (χ0v) is 22.4. The van der Waals surface area contributed by atoms with Gasteiger partial charge in [0.15, 0.2) is 5.69 Å². The summed E-state index contributed by atoms with van der Waals surface area (Å²) in [5.74, 6) is -1.94. The molecule has 0 saturated carbocycles. The number of benzene rings is 4. The fourth-order valence-corrected chi connectivity index (χ4v) is 5.39. The number of fused-ring (bicyclic) bond motifs is 3. The van der Waals surface area contributed by atoms with Gasteiger partial charge in [-0.2, -0.15) is 5.10 Å². The Morgan fingerprint density at radius 3 is 2.39 bits per heavy atom. The number of amides is 2. The molecule has 0 bridgehead atoms. The van der Waals surface area contributed by atoms with Crippen LogP contribution in [-0.4, -0.2) is 32.7 Å². The lowest BCUT2D eigenvalue weighted by atomic mass is 9.88. The highest BCUT2D eigenvalue weighted by atomic mass is 35.5. The van der Waals surface area contributed by atoms with E-state index in [4.69, 9.17) is 17.3 Å². The third-order valence-electron chi connectivity index (χ3n) is 7.16. The van der Waals surface area contributed by atoms with E-state index in [9.17, 15) is 19.5 Å². The smallest absolute Gasteiger partial charge is 0.335 e. The van der Waals surface area contributed by atoms with Crippen molar-refractivity contribution in [3.05, 3.63) is 124 Å². The van der Waals surface area contributed by atoms with E-state index in [1.54, 1.807) is 47.1 Å². The van der Waals surface area contributed by atoms with Crippen LogP contribution in [0.15, 0.2) is 91.0 Å². The van der Waals surface area contributed by atoms with Crippen LogP contribution in [0.3, 0.4) is 0 Å². The number of carbonyl (C=O) groups is 3. The molecule has 0 spiro atoms. The molecule has 6 rings (SSSR count). The maximum absolute atomic E-state index is 12.9. The molecule has 1 aromatic heterocycles. The summed E-state index contributed by atoms with van der Waals surface area (Å²) >= 11 is 6.22. The lowest BCUT2D eigenvalue weighted by Gasteiger charge is -2.20. The van der Waals surface area contributed by atoms with Crippen molar-refractivity contribution in [1.29, 1.82) is 0 Å². The summed E-state index contributed by atoms with van der Waals surface area (Å²) in [7, 11) is 0. The zero-order valence-electron chi connectivity index (χ0n) is 21.6. The number of primary amides is 1. The molecule has 0 aliphatic heterocycles. The minimum Gasteiger partial charge on any atom is -0.478 e. The summed E-state index contributed by atoms with van der Waals surface area (Å²) in [6.07, 6.45) is 1.28. The van der Waals surface area contributed by atoms with Crippen molar-refractivity contribution in [3.8, 4) is 28.1 Å². The second kappa shape index (κ2) is 10.4. The number of aromatic carboxylic acids is 1. The maximum Gasteiger partial charge on any atom is 0.335 e. The average Bonchev–Trinajstić information content (AvgIpc) is 3.38. The van der Waals surface area contributed by atoms with Crippen molar-refractivity contribution in [2.45, 2.75) is 12.8 Å². The lowest BCUT2D eigenvalue weighted by molar-refractivity contribution is 0.0696. The Morgan fingerprint density at radius 1 is 0.878 bits per heavy atom. The normalized spacial score (nSPS) is 11.8. The van der Waals surface area contributed by atoms with Crippen molar-refractivity contribution in [2.24, 2.45) is 5.73 Å². The van der Waals surface area contributed by atoms with Crippen LogP contribution in [0.2, 0.25) is 5.02 Å². The molecule has 0 atom stereocenters. The van der Waals surface area contributed by atoms with Crippen LogP contribution in [0, 0.1) is 0 Å². The Balaban J connectivity index is 1.40. The quantitative estimate of drug-likeness (QED) is 0.234. The Morgan fingerprint density at radius 2 is 1.66 bits per heavy atom. The number of anilines is 1. The molecule has 41 heavy (non-hydrogen) atoms. The van der Waals surface area contributed by atoms with Crippen LogP contribution in [-0.2, 0) is 12.8 Å². The van der Waals surface area contributed by atoms with Crippen molar-refractivity contribution in [1.82, 2.24) is 9.78 Å². The van der Waals surface area contributed by atoms with E-state index in [0.717, 1.165) is 33.5 Å². The van der Waals surface area contributed by atoms with Gasteiger partial charge in [-0.3, -0.25) is 9.59 Å². The van der Waals surface area contributed by atoms with Crippen molar-refractivity contribution < 1.29 is 19.5 Å². The predicted molar refractivity (Wildman–Crippen MR) is 157 cm³/mol. The molecule has 0 radical (unpaired) electrons. The van der Waals surface area contributed by atoms with Gasteiger partial charge in [-0.25, -0.2) is 9.48 Å². The number of nitrogens with one attached hydrogen (secondary N) is 1. The molecule has 202 valence electrons. The molecule has 5 aromatic rings. The maximum atomic E-state index is 12.9. The number of hydrogen-bond acceptors (Lipinski definition) is 4. The second-order valence-corrected chi connectivity index (χ2v) is 10.1. The highest BCUT2D eigenvalue weighted by molar-refractivity contribution is 6.34. The molecule has 1 heterocycles. The minimum absolute atomic E-state index is 0.202. The van der Waals surface area contributed by atoms with Gasteiger partial charge in [0, 0.05) is 16.8 Å². The molecule has 0 saturated heterocycles. The summed E-state index contributed by atoms with van der Waals surface area (Å²) in [6, 6.07) is 26.7. The highest BCUT2D eigenvalue weighted by Gasteiger charge is 2.28. The number of aromatic nitrogens is 2. The van der Waals surface area contributed by atoms with Gasteiger partial charge in [0.25, 0.3) is 11.8 Å². The summed E-state index contributed by atoms with van der Waals surface area (Å²) in [6.45, 7) is 0. The molecule has 9 heteroatoms. The van der Waals surface area contributed by atoms with Gasteiger partial charge >= 0.3 is 5.97 Å². The predicted octanol–water partition coefficient (Wildman–Crippen LogP) is 6.01. The summed E-state index contributed by atoms with van der Waals surface area (Å²) in [5.41, 5.74) is 12.7. The summed E-state index contributed by atoms with van der Waals surface area (Å²) in [4.78, 5) is 36.7. The molecule has 0 fully saturated rings. The first kappa shape index (κ1) is 26.0. The molecule has 8 nitrogen and oxygen atoms in total. The van der Waals surface area contributed by atoms with Gasteiger partial charge in [-0.05, 0) is 78.1 Å². The van der Waals surface area contributed by atoms with Crippen LogP contribution in [0.1, 0.15) is 42.3 Å². The fourth-order valence-electron chi connectivity index (χ4n) is 5.17. The van der Waals surface area contributed by atoms with Crippen molar-refractivity contribution in [2.75, 3.05) is 5.32 Å². The summed E-state index contributed by atoms with van der Waals surface area (Å²) in [5, 5.41) is 17.2. The highest BCUT2D eigenvalue weighted by Crippen LogP contribution is 2.39. The van der Waals surface area contributed by atoms with Gasteiger partial charge in [0.1, 0.15) is 0 Å². The largest absolute Gasteiger partial charge is 0.478 e. The van der Waals surface area contributed by atoms with Crippen LogP contribution in [0.5, 0.6) is 0 Å². The van der Waals surface area contributed by atoms with E-state index in [-0.39, 0.29) is 17.2 Å². The number of nitrogens with zero attached hydrogens (tertiary/aromatic N) is 2. The zero-order chi connectivity index (χ0) is 28.7. The standard InChI is InChI=1S/C32H23ClN4O4/c33-27-7-2-1-6-24(27)31(39)35-22-12-8-19-11-15-25-28(30(34)38)36-37(29(25)26(19)17-22)23-13-9-18(10-14-23)20-4-3-5-21(16-20)32(40)41/h1-10,12-14,16-17H,11,15H2,(H2,34,38)(H,35,39)(H,40,41). The Bertz CT molecular complexity index is 1860. The molecule has 1 aliphatic carbocycles. The van der Waals surface area contributed by atoms with Crippen LogP contribution in [0.25, 0.3) is 28.1 Å². The van der Waals surface area contributed by atoms with Crippen molar-refractivity contribution >= 4 is 35.1 Å². The molecular weight excluding hydrogens is 540 g/mol. The fraction of sp³-hybridized carbons (Fsp3) is 0.0625. The van der Waals surface area contributed by atoms with Gasteiger partial charge in [-0.15, -0.1) is 0 Å². The number of carboxylic acids is 1. The molecule has 4 N–H and O–H groups in total. The third-order valence-corrected chi connectivity index (χ3v) is 7.49. The molecule has 4 aromatic carbocycles. The Hall–Kier alpha value is -5.21. The molecule has 0 unspecified atom stereocenters. The molecule has 2 amide bonds. The first-order chi connectivity index (χ1) is 19.8. The van der Waals surface area contributed by atoms with E-state index in [1.165, 1.54) is 0 Å².